The van der Waals surface area contributed by atoms with Crippen LogP contribution in [0.25, 0.3) is 0 Å². The standard InChI is InChI=1S/C18H22N2O2/c1-12(2)15-9-8-14(10-13(15)3)22-11-18(21)20-17-7-5-4-6-16(17)19/h4-10,12H,11,19H2,1-3H3,(H,20,21). The normalized spacial score (nSPS) is 10.5. The van der Waals surface area contributed by atoms with E-state index in [1.54, 1.807) is 12.1 Å². The quantitative estimate of drug-likeness (QED) is 0.827. The Kier molecular flexibility index (Phi) is 5.04. The number of nitrogens with two attached hydrogens (primary N) is 1. The van der Waals surface area contributed by atoms with Crippen LogP contribution in [0.15, 0.2) is 42.5 Å². The Labute approximate surface area is 131 Å². The van der Waals surface area contributed by atoms with Crippen LogP contribution in [-0.4, -0.2) is 12.5 Å². The van der Waals surface area contributed by atoms with Crippen molar-refractivity contribution in [2.75, 3.05) is 17.7 Å². The Hall–Kier alpha value is -2.49. The maximum atomic E-state index is 11.9. The molecule has 3 N–H and O–H groups in total. The molecule has 0 saturated heterocycles. The number of nitrogen functional groups attached to an aromatic ring is 1. The number of nitrogens with one attached hydrogen (secondary N) is 1. The van der Waals surface area contributed by atoms with Crippen LogP contribution >= 0.6 is 0 Å². The second-order valence-corrected chi connectivity index (χ2v) is 5.60. The van der Waals surface area contributed by atoms with Gasteiger partial charge < -0.3 is 15.8 Å². The van der Waals surface area contributed by atoms with Crippen molar-refractivity contribution in [2.24, 2.45) is 0 Å². The highest BCUT2D eigenvalue weighted by Gasteiger charge is 2.08. The molecule has 116 valence electrons. The number of ether oxygens (including phenoxy) is 1. The third-order valence-corrected chi connectivity index (χ3v) is 3.47. The van der Waals surface area contributed by atoms with E-state index in [2.05, 4.69) is 19.2 Å². The van der Waals surface area contributed by atoms with Crippen molar-refractivity contribution in [1.29, 1.82) is 0 Å². The van der Waals surface area contributed by atoms with Crippen LogP contribution < -0.4 is 15.8 Å². The summed E-state index contributed by atoms with van der Waals surface area (Å²) in [4.78, 5) is 11.9. The first-order valence-electron chi connectivity index (χ1n) is 7.35. The maximum Gasteiger partial charge on any atom is 0.262 e. The highest BCUT2D eigenvalue weighted by Crippen LogP contribution is 2.23. The number of para-hydroxylation sites is 2. The topological polar surface area (TPSA) is 64.3 Å². The van der Waals surface area contributed by atoms with Crippen LogP contribution in [0, 0.1) is 6.92 Å². The fraction of sp³-hybridized carbons (Fsp3) is 0.278. The first-order chi connectivity index (χ1) is 10.5. The summed E-state index contributed by atoms with van der Waals surface area (Å²) in [6.45, 7) is 6.31. The molecule has 22 heavy (non-hydrogen) atoms. The largest absolute Gasteiger partial charge is 0.484 e. The van der Waals surface area contributed by atoms with Gasteiger partial charge in [0.25, 0.3) is 5.91 Å². The molecule has 4 heteroatoms. The van der Waals surface area contributed by atoms with Crippen molar-refractivity contribution < 1.29 is 9.53 Å². The third-order valence-electron chi connectivity index (χ3n) is 3.47. The zero-order valence-electron chi connectivity index (χ0n) is 13.2. The first kappa shape index (κ1) is 15.9. The summed E-state index contributed by atoms with van der Waals surface area (Å²) in [5, 5.41) is 2.74. The molecule has 0 bridgehead atoms. The lowest BCUT2D eigenvalue weighted by atomic mass is 9.98. The molecule has 4 nitrogen and oxygen atoms in total. The van der Waals surface area contributed by atoms with Gasteiger partial charge in [-0.2, -0.15) is 0 Å². The van der Waals surface area contributed by atoms with Crippen molar-refractivity contribution in [3.63, 3.8) is 0 Å². The number of carbonyl (C=O) groups is 1. The van der Waals surface area contributed by atoms with Gasteiger partial charge in [0.05, 0.1) is 11.4 Å². The van der Waals surface area contributed by atoms with E-state index in [9.17, 15) is 4.79 Å². The van der Waals surface area contributed by atoms with E-state index >= 15 is 0 Å². The van der Waals surface area contributed by atoms with Gasteiger partial charge in [0.2, 0.25) is 0 Å². The maximum absolute atomic E-state index is 11.9. The highest BCUT2D eigenvalue weighted by atomic mass is 16.5. The van der Waals surface area contributed by atoms with Crippen LogP contribution in [0.5, 0.6) is 5.75 Å². The van der Waals surface area contributed by atoms with Crippen LogP contribution in [-0.2, 0) is 4.79 Å². The zero-order valence-corrected chi connectivity index (χ0v) is 13.2. The number of benzene rings is 2. The average molecular weight is 298 g/mol. The fourth-order valence-electron chi connectivity index (χ4n) is 2.33. The van der Waals surface area contributed by atoms with Gasteiger partial charge in [-0.25, -0.2) is 0 Å². The van der Waals surface area contributed by atoms with Crippen molar-refractivity contribution in [1.82, 2.24) is 0 Å². The minimum absolute atomic E-state index is 0.0468. The smallest absolute Gasteiger partial charge is 0.262 e. The third kappa shape index (κ3) is 4.01. The Morgan fingerprint density at radius 1 is 1.23 bits per heavy atom. The summed E-state index contributed by atoms with van der Waals surface area (Å²) in [6.07, 6.45) is 0. The lowest BCUT2D eigenvalue weighted by Gasteiger charge is -2.13. The van der Waals surface area contributed by atoms with Gasteiger partial charge in [-0.1, -0.05) is 32.0 Å². The summed E-state index contributed by atoms with van der Waals surface area (Å²) in [6, 6.07) is 13.0. The van der Waals surface area contributed by atoms with Crippen LogP contribution in [0.2, 0.25) is 0 Å². The Morgan fingerprint density at radius 2 is 1.95 bits per heavy atom. The molecule has 0 aliphatic rings. The van der Waals surface area contributed by atoms with E-state index in [-0.39, 0.29) is 12.5 Å². The molecular weight excluding hydrogens is 276 g/mol. The van der Waals surface area contributed by atoms with E-state index in [1.165, 1.54) is 11.1 Å². The molecule has 0 aliphatic heterocycles. The molecule has 0 radical (unpaired) electrons. The van der Waals surface area contributed by atoms with Crippen molar-refractivity contribution in [2.45, 2.75) is 26.7 Å². The molecular formula is C18H22N2O2. The van der Waals surface area contributed by atoms with Gasteiger partial charge in [-0.3, -0.25) is 4.79 Å². The van der Waals surface area contributed by atoms with Gasteiger partial charge in [0.1, 0.15) is 5.75 Å². The second-order valence-electron chi connectivity index (χ2n) is 5.60. The molecule has 0 heterocycles. The zero-order chi connectivity index (χ0) is 16.1. The number of rotatable bonds is 5. The predicted molar refractivity (Wildman–Crippen MR) is 90.2 cm³/mol. The van der Waals surface area contributed by atoms with Gasteiger partial charge in [0.15, 0.2) is 6.61 Å². The summed E-state index contributed by atoms with van der Waals surface area (Å²) >= 11 is 0. The Balaban J connectivity index is 1.94. The Bertz CT molecular complexity index is 666. The van der Waals surface area contributed by atoms with Crippen molar-refractivity contribution >= 4 is 17.3 Å². The molecule has 0 unspecified atom stereocenters. The van der Waals surface area contributed by atoms with Crippen molar-refractivity contribution in [3.05, 3.63) is 53.6 Å². The predicted octanol–water partition coefficient (Wildman–Crippen LogP) is 3.72. The van der Waals surface area contributed by atoms with Gasteiger partial charge in [-0.15, -0.1) is 0 Å². The number of hydrogen-bond donors (Lipinski definition) is 2. The molecule has 0 aliphatic carbocycles. The molecule has 2 aromatic carbocycles. The molecule has 0 aromatic heterocycles. The van der Waals surface area contributed by atoms with Crippen LogP contribution in [0.3, 0.4) is 0 Å². The lowest BCUT2D eigenvalue weighted by molar-refractivity contribution is -0.118. The average Bonchev–Trinajstić information content (AvgIpc) is 2.47. The lowest BCUT2D eigenvalue weighted by Crippen LogP contribution is -2.20. The molecule has 0 fully saturated rings. The van der Waals surface area contributed by atoms with E-state index in [4.69, 9.17) is 10.5 Å². The summed E-state index contributed by atoms with van der Waals surface area (Å²) < 4.78 is 5.54. The number of hydrogen-bond acceptors (Lipinski definition) is 3. The number of aryl methyl sites for hydroxylation is 1. The fourth-order valence-corrected chi connectivity index (χ4v) is 2.33. The summed E-state index contributed by atoms with van der Waals surface area (Å²) in [7, 11) is 0. The minimum atomic E-state index is -0.233. The molecule has 0 saturated carbocycles. The van der Waals surface area contributed by atoms with Crippen molar-refractivity contribution in [3.8, 4) is 5.75 Å². The van der Waals surface area contributed by atoms with Gasteiger partial charge >= 0.3 is 0 Å². The van der Waals surface area contributed by atoms with Gasteiger partial charge in [-0.05, 0) is 48.2 Å². The second kappa shape index (κ2) is 6.98. The van der Waals surface area contributed by atoms with Gasteiger partial charge in [0, 0.05) is 0 Å². The number of carbonyl (C=O) groups excluding carboxylic acids is 1. The first-order valence-corrected chi connectivity index (χ1v) is 7.35. The molecule has 2 aromatic rings. The molecule has 0 atom stereocenters. The summed E-state index contributed by atoms with van der Waals surface area (Å²) in [5.74, 6) is 0.931. The highest BCUT2D eigenvalue weighted by molar-refractivity contribution is 5.94. The molecule has 2 rings (SSSR count). The Morgan fingerprint density at radius 3 is 2.59 bits per heavy atom. The molecule has 0 spiro atoms. The van der Waals surface area contributed by atoms with Crippen LogP contribution in [0.4, 0.5) is 11.4 Å². The van der Waals surface area contributed by atoms with Crippen LogP contribution in [0.1, 0.15) is 30.9 Å². The number of anilines is 2. The van der Waals surface area contributed by atoms with E-state index in [0.29, 0.717) is 23.0 Å². The molecule has 1 amide bonds. The van der Waals surface area contributed by atoms with E-state index in [0.717, 1.165) is 0 Å². The summed E-state index contributed by atoms with van der Waals surface area (Å²) in [5.41, 5.74) is 9.37. The minimum Gasteiger partial charge on any atom is -0.484 e. The number of amides is 1. The SMILES string of the molecule is Cc1cc(OCC(=O)Nc2ccccc2N)ccc1C(C)C. The van der Waals surface area contributed by atoms with E-state index in [1.807, 2.05) is 37.3 Å². The monoisotopic (exact) mass is 298 g/mol. The van der Waals surface area contributed by atoms with E-state index < -0.39 is 0 Å².